The summed E-state index contributed by atoms with van der Waals surface area (Å²) in [6.07, 6.45) is 1.31. The van der Waals surface area contributed by atoms with Crippen LogP contribution in [-0.2, 0) is 11.2 Å². The maximum Gasteiger partial charge on any atom is 0.228 e. The predicted molar refractivity (Wildman–Crippen MR) is 118 cm³/mol. The van der Waals surface area contributed by atoms with Crippen molar-refractivity contribution in [1.29, 1.82) is 0 Å². The summed E-state index contributed by atoms with van der Waals surface area (Å²) in [6, 6.07) is 13.5. The SMILES string of the molecule is CN1CCCN(C(=O)CCc2nc(-c3ccc(F)cc3)no2)c2nc3ccccc3nc21. The highest BCUT2D eigenvalue weighted by Crippen LogP contribution is 2.30. The fourth-order valence-electron chi connectivity index (χ4n) is 3.76. The zero-order valence-electron chi connectivity index (χ0n) is 17.5. The summed E-state index contributed by atoms with van der Waals surface area (Å²) in [4.78, 5) is 30.7. The summed E-state index contributed by atoms with van der Waals surface area (Å²) < 4.78 is 18.4. The molecule has 0 aliphatic carbocycles. The topological polar surface area (TPSA) is 88.2 Å². The molecule has 162 valence electrons. The molecule has 1 aliphatic rings. The second kappa shape index (κ2) is 8.33. The van der Waals surface area contributed by atoms with Crippen LogP contribution in [0.5, 0.6) is 0 Å². The van der Waals surface area contributed by atoms with Crippen LogP contribution in [0.25, 0.3) is 22.4 Å². The summed E-state index contributed by atoms with van der Waals surface area (Å²) >= 11 is 0. The molecule has 1 amide bonds. The minimum Gasteiger partial charge on any atom is -0.357 e. The Morgan fingerprint density at radius 1 is 1.00 bits per heavy atom. The number of aryl methyl sites for hydroxylation is 1. The molecule has 0 N–H and O–H groups in total. The number of para-hydroxylation sites is 2. The summed E-state index contributed by atoms with van der Waals surface area (Å²) in [7, 11) is 1.96. The van der Waals surface area contributed by atoms with E-state index in [0.717, 1.165) is 24.0 Å². The lowest BCUT2D eigenvalue weighted by atomic mass is 10.2. The smallest absolute Gasteiger partial charge is 0.228 e. The number of halogens is 1. The molecule has 0 unspecified atom stereocenters. The van der Waals surface area contributed by atoms with Gasteiger partial charge in [0.05, 0.1) is 11.0 Å². The summed E-state index contributed by atoms with van der Waals surface area (Å²) in [6.45, 7) is 1.35. The van der Waals surface area contributed by atoms with Gasteiger partial charge < -0.3 is 9.42 Å². The molecule has 0 bridgehead atoms. The summed E-state index contributed by atoms with van der Waals surface area (Å²) in [5.74, 6) is 1.59. The van der Waals surface area contributed by atoms with Gasteiger partial charge in [0.15, 0.2) is 11.6 Å². The molecule has 2 aromatic carbocycles. The zero-order valence-corrected chi connectivity index (χ0v) is 17.5. The molecule has 4 aromatic rings. The van der Waals surface area contributed by atoms with Crippen molar-refractivity contribution in [2.45, 2.75) is 19.3 Å². The average Bonchev–Trinajstić information content (AvgIpc) is 3.22. The van der Waals surface area contributed by atoms with E-state index in [2.05, 4.69) is 10.1 Å². The fraction of sp³-hybridized carbons (Fsp3) is 0.261. The van der Waals surface area contributed by atoms with Crippen molar-refractivity contribution < 1.29 is 13.7 Å². The van der Waals surface area contributed by atoms with Crippen molar-refractivity contribution in [2.24, 2.45) is 0 Å². The number of carbonyl (C=O) groups is 1. The second-order valence-corrected chi connectivity index (χ2v) is 7.70. The minimum atomic E-state index is -0.331. The minimum absolute atomic E-state index is 0.0762. The van der Waals surface area contributed by atoms with Gasteiger partial charge >= 0.3 is 0 Å². The Labute approximate surface area is 183 Å². The molecule has 0 spiro atoms. The van der Waals surface area contributed by atoms with Crippen LogP contribution in [-0.4, -0.2) is 46.2 Å². The Balaban J connectivity index is 1.35. The average molecular weight is 432 g/mol. The molecule has 0 saturated carbocycles. The number of aromatic nitrogens is 4. The normalized spacial score (nSPS) is 13.8. The number of anilines is 2. The molecule has 0 saturated heterocycles. The number of carbonyl (C=O) groups excluding carboxylic acids is 1. The van der Waals surface area contributed by atoms with Crippen LogP contribution in [0, 0.1) is 5.82 Å². The van der Waals surface area contributed by atoms with Crippen LogP contribution in [0.4, 0.5) is 16.0 Å². The van der Waals surface area contributed by atoms with E-state index in [4.69, 9.17) is 14.5 Å². The zero-order chi connectivity index (χ0) is 22.1. The van der Waals surface area contributed by atoms with Crippen LogP contribution in [0.15, 0.2) is 53.1 Å². The first kappa shape index (κ1) is 20.0. The van der Waals surface area contributed by atoms with E-state index in [1.54, 1.807) is 17.0 Å². The van der Waals surface area contributed by atoms with Crippen LogP contribution in [0.2, 0.25) is 0 Å². The first-order chi connectivity index (χ1) is 15.6. The number of hydrogen-bond acceptors (Lipinski definition) is 7. The van der Waals surface area contributed by atoms with Crippen molar-refractivity contribution in [3.8, 4) is 11.4 Å². The van der Waals surface area contributed by atoms with Crippen molar-refractivity contribution in [3.05, 3.63) is 60.2 Å². The molecule has 3 heterocycles. The van der Waals surface area contributed by atoms with Crippen molar-refractivity contribution in [3.63, 3.8) is 0 Å². The molecule has 2 aromatic heterocycles. The van der Waals surface area contributed by atoms with Gasteiger partial charge in [-0.3, -0.25) is 9.69 Å². The van der Waals surface area contributed by atoms with Crippen molar-refractivity contribution in [1.82, 2.24) is 20.1 Å². The summed E-state index contributed by atoms with van der Waals surface area (Å²) in [5.41, 5.74) is 2.20. The van der Waals surface area contributed by atoms with Crippen molar-refractivity contribution >= 4 is 28.6 Å². The van der Waals surface area contributed by atoms with E-state index in [9.17, 15) is 9.18 Å². The molecule has 0 radical (unpaired) electrons. The second-order valence-electron chi connectivity index (χ2n) is 7.70. The number of fused-ring (bicyclic) bond motifs is 2. The third kappa shape index (κ3) is 3.89. The van der Waals surface area contributed by atoms with Crippen molar-refractivity contribution in [2.75, 3.05) is 29.9 Å². The van der Waals surface area contributed by atoms with Gasteiger partial charge in [0.2, 0.25) is 17.6 Å². The number of hydrogen-bond donors (Lipinski definition) is 0. The van der Waals surface area contributed by atoms with E-state index >= 15 is 0 Å². The fourth-order valence-corrected chi connectivity index (χ4v) is 3.76. The number of nitrogens with zero attached hydrogens (tertiary/aromatic N) is 6. The Bertz CT molecular complexity index is 1270. The quantitative estimate of drug-likeness (QED) is 0.487. The Morgan fingerprint density at radius 3 is 2.47 bits per heavy atom. The van der Waals surface area contributed by atoms with Gasteiger partial charge in [-0.15, -0.1) is 0 Å². The third-order valence-corrected chi connectivity index (χ3v) is 5.45. The Morgan fingerprint density at radius 2 is 1.72 bits per heavy atom. The van der Waals surface area contributed by atoms with Crippen LogP contribution in [0.1, 0.15) is 18.7 Å². The standard InChI is InChI=1S/C23H21FN6O2/c1-29-13-4-14-30(23-22(29)25-17-5-2-3-6-18(17)26-23)20(31)12-11-19-27-21(28-32-19)15-7-9-16(24)10-8-15/h2-3,5-10H,4,11-14H2,1H3. The van der Waals surface area contributed by atoms with Gasteiger partial charge in [0.1, 0.15) is 5.82 Å². The highest BCUT2D eigenvalue weighted by atomic mass is 19.1. The lowest BCUT2D eigenvalue weighted by Crippen LogP contribution is -2.32. The molecule has 5 rings (SSSR count). The molecule has 1 aliphatic heterocycles. The number of amides is 1. The lowest BCUT2D eigenvalue weighted by molar-refractivity contribution is -0.118. The molecule has 9 heteroatoms. The first-order valence-corrected chi connectivity index (χ1v) is 10.5. The van der Waals surface area contributed by atoms with Gasteiger partial charge in [-0.2, -0.15) is 4.98 Å². The first-order valence-electron chi connectivity index (χ1n) is 10.5. The van der Waals surface area contributed by atoms with Crippen LogP contribution < -0.4 is 9.80 Å². The molecule has 0 fully saturated rings. The predicted octanol–water partition coefficient (Wildman–Crippen LogP) is 3.62. The Kier molecular flexibility index (Phi) is 5.22. The molecule has 8 nitrogen and oxygen atoms in total. The van der Waals surface area contributed by atoms with Gasteiger partial charge in [-0.1, -0.05) is 17.3 Å². The molecule has 0 atom stereocenters. The third-order valence-electron chi connectivity index (χ3n) is 5.45. The largest absolute Gasteiger partial charge is 0.357 e. The highest BCUT2D eigenvalue weighted by Gasteiger charge is 2.27. The van der Waals surface area contributed by atoms with Gasteiger partial charge in [0, 0.05) is 38.5 Å². The van der Waals surface area contributed by atoms with Crippen LogP contribution in [0.3, 0.4) is 0 Å². The van der Waals surface area contributed by atoms with Gasteiger partial charge in [-0.25, -0.2) is 14.4 Å². The maximum absolute atomic E-state index is 13.2. The van der Waals surface area contributed by atoms with E-state index in [1.807, 2.05) is 36.2 Å². The Hall–Kier alpha value is -3.88. The van der Waals surface area contributed by atoms with E-state index in [1.165, 1.54) is 12.1 Å². The number of benzene rings is 2. The van der Waals surface area contributed by atoms with E-state index < -0.39 is 0 Å². The summed E-state index contributed by atoms with van der Waals surface area (Å²) in [5, 5.41) is 3.94. The maximum atomic E-state index is 13.2. The molecular weight excluding hydrogens is 411 g/mol. The molecule has 32 heavy (non-hydrogen) atoms. The van der Waals surface area contributed by atoms with Gasteiger partial charge in [0.25, 0.3) is 0 Å². The van der Waals surface area contributed by atoms with Crippen LogP contribution >= 0.6 is 0 Å². The highest BCUT2D eigenvalue weighted by molar-refractivity contribution is 5.96. The lowest BCUT2D eigenvalue weighted by Gasteiger charge is -2.22. The number of rotatable bonds is 4. The van der Waals surface area contributed by atoms with E-state index in [-0.39, 0.29) is 18.1 Å². The van der Waals surface area contributed by atoms with Gasteiger partial charge in [-0.05, 0) is 42.8 Å². The molecular formula is C23H21FN6O2. The van der Waals surface area contributed by atoms with E-state index in [0.29, 0.717) is 41.9 Å². The monoisotopic (exact) mass is 432 g/mol.